The van der Waals surface area contributed by atoms with E-state index in [1.54, 1.807) is 6.33 Å². The monoisotopic (exact) mass is 318 g/mol. The van der Waals surface area contributed by atoms with Gasteiger partial charge in [0, 0.05) is 11.5 Å². The van der Waals surface area contributed by atoms with Gasteiger partial charge >= 0.3 is 0 Å². The van der Waals surface area contributed by atoms with E-state index in [9.17, 15) is 0 Å². The minimum atomic E-state index is 0.114. The normalized spacial score (nSPS) is 24.1. The van der Waals surface area contributed by atoms with E-state index >= 15 is 0 Å². The molecule has 120 valence electrons. The average Bonchev–Trinajstić information content (AvgIpc) is 3.09. The zero-order valence-corrected chi connectivity index (χ0v) is 13.4. The van der Waals surface area contributed by atoms with Crippen molar-refractivity contribution < 1.29 is 4.74 Å². The predicted octanol–water partition coefficient (Wildman–Crippen LogP) is 3.35. The van der Waals surface area contributed by atoms with Crippen LogP contribution in [0.3, 0.4) is 0 Å². The number of rotatable bonds is 1. The van der Waals surface area contributed by atoms with Crippen LogP contribution in [0.25, 0.3) is 0 Å². The lowest BCUT2D eigenvalue weighted by Crippen LogP contribution is -2.42. The van der Waals surface area contributed by atoms with Crippen LogP contribution in [0.4, 0.5) is 5.95 Å². The summed E-state index contributed by atoms with van der Waals surface area (Å²) < 4.78 is 8.05. The number of hydrogen-bond acceptors (Lipinski definition) is 4. The molecule has 3 heterocycles. The Labute approximate surface area is 140 Å². The SMILES string of the molecule is Cc1ccc([C@@H]2[C@H]3COc4ccccc4[C@H]3Nc3ncnn32)cc1. The Morgan fingerprint density at radius 1 is 1.12 bits per heavy atom. The summed E-state index contributed by atoms with van der Waals surface area (Å²) in [4.78, 5) is 4.41. The zero-order valence-electron chi connectivity index (χ0n) is 13.4. The molecule has 24 heavy (non-hydrogen) atoms. The van der Waals surface area contributed by atoms with Gasteiger partial charge in [0.1, 0.15) is 12.1 Å². The summed E-state index contributed by atoms with van der Waals surface area (Å²) in [6, 6.07) is 17.2. The van der Waals surface area contributed by atoms with Crippen LogP contribution in [-0.2, 0) is 0 Å². The highest BCUT2D eigenvalue weighted by atomic mass is 16.5. The van der Waals surface area contributed by atoms with Crippen molar-refractivity contribution in [2.75, 3.05) is 11.9 Å². The van der Waals surface area contributed by atoms with Crippen molar-refractivity contribution in [3.63, 3.8) is 0 Å². The summed E-state index contributed by atoms with van der Waals surface area (Å²) in [5.74, 6) is 2.04. The van der Waals surface area contributed by atoms with Crippen LogP contribution in [-0.4, -0.2) is 21.4 Å². The van der Waals surface area contributed by atoms with Gasteiger partial charge in [0.05, 0.1) is 18.7 Å². The molecule has 0 saturated carbocycles. The van der Waals surface area contributed by atoms with Crippen LogP contribution in [0.15, 0.2) is 54.9 Å². The Morgan fingerprint density at radius 2 is 1.96 bits per heavy atom. The van der Waals surface area contributed by atoms with E-state index in [2.05, 4.69) is 58.7 Å². The third-order valence-corrected chi connectivity index (χ3v) is 5.06. The fourth-order valence-corrected chi connectivity index (χ4v) is 3.87. The van der Waals surface area contributed by atoms with E-state index in [-0.39, 0.29) is 18.0 Å². The first-order chi connectivity index (χ1) is 11.8. The molecule has 0 saturated heterocycles. The number of hydrogen-bond donors (Lipinski definition) is 1. The number of para-hydroxylation sites is 1. The molecule has 1 N–H and O–H groups in total. The maximum atomic E-state index is 6.06. The van der Waals surface area contributed by atoms with Gasteiger partial charge < -0.3 is 10.1 Å². The topological polar surface area (TPSA) is 52.0 Å². The molecule has 5 heteroatoms. The fraction of sp³-hybridized carbons (Fsp3) is 0.263. The number of nitrogens with one attached hydrogen (secondary N) is 1. The molecule has 5 rings (SSSR count). The fourth-order valence-electron chi connectivity index (χ4n) is 3.87. The lowest BCUT2D eigenvalue weighted by molar-refractivity contribution is 0.151. The zero-order chi connectivity index (χ0) is 16.1. The molecule has 2 aliphatic rings. The van der Waals surface area contributed by atoms with E-state index in [4.69, 9.17) is 4.74 Å². The minimum absolute atomic E-state index is 0.114. The van der Waals surface area contributed by atoms with E-state index in [0.29, 0.717) is 6.61 Å². The first-order valence-electron chi connectivity index (χ1n) is 8.25. The van der Waals surface area contributed by atoms with Gasteiger partial charge in [-0.05, 0) is 18.6 Å². The Hall–Kier alpha value is -2.82. The van der Waals surface area contributed by atoms with Gasteiger partial charge in [0.25, 0.3) is 0 Å². The summed E-state index contributed by atoms with van der Waals surface area (Å²) in [6.45, 7) is 2.77. The molecule has 3 aromatic rings. The van der Waals surface area contributed by atoms with Gasteiger partial charge in [-0.15, -0.1) is 0 Å². The number of fused-ring (bicyclic) bond motifs is 4. The molecule has 2 aliphatic heterocycles. The van der Waals surface area contributed by atoms with Crippen molar-refractivity contribution >= 4 is 5.95 Å². The van der Waals surface area contributed by atoms with Crippen LogP contribution in [0.2, 0.25) is 0 Å². The third kappa shape index (κ3) is 1.94. The Morgan fingerprint density at radius 3 is 2.83 bits per heavy atom. The lowest BCUT2D eigenvalue weighted by Gasteiger charge is -2.42. The minimum Gasteiger partial charge on any atom is -0.493 e. The first kappa shape index (κ1) is 13.6. The Bertz CT molecular complexity index is 886. The van der Waals surface area contributed by atoms with E-state index in [1.807, 2.05) is 16.8 Å². The van der Waals surface area contributed by atoms with Gasteiger partial charge in [-0.1, -0.05) is 48.0 Å². The Balaban J connectivity index is 1.66. The molecule has 2 aromatic carbocycles. The van der Waals surface area contributed by atoms with Crippen molar-refractivity contribution in [2.45, 2.75) is 19.0 Å². The summed E-state index contributed by atoms with van der Waals surface area (Å²) in [5.41, 5.74) is 3.69. The number of aryl methyl sites for hydroxylation is 1. The van der Waals surface area contributed by atoms with E-state index < -0.39 is 0 Å². The van der Waals surface area contributed by atoms with Gasteiger partial charge in [0.2, 0.25) is 5.95 Å². The third-order valence-electron chi connectivity index (χ3n) is 5.06. The van der Waals surface area contributed by atoms with Crippen molar-refractivity contribution in [2.24, 2.45) is 5.92 Å². The molecule has 3 atom stereocenters. The summed E-state index contributed by atoms with van der Waals surface area (Å²) >= 11 is 0. The second-order valence-electron chi connectivity index (χ2n) is 6.52. The number of aromatic nitrogens is 3. The molecule has 0 amide bonds. The summed E-state index contributed by atoms with van der Waals surface area (Å²) in [6.07, 6.45) is 1.62. The van der Waals surface area contributed by atoms with Crippen LogP contribution >= 0.6 is 0 Å². The van der Waals surface area contributed by atoms with Crippen molar-refractivity contribution in [3.8, 4) is 5.75 Å². The number of benzene rings is 2. The van der Waals surface area contributed by atoms with E-state index in [0.717, 1.165) is 11.7 Å². The van der Waals surface area contributed by atoms with Crippen molar-refractivity contribution in [1.82, 2.24) is 14.8 Å². The molecule has 0 unspecified atom stereocenters. The number of ether oxygens (including phenoxy) is 1. The lowest BCUT2D eigenvalue weighted by atomic mass is 9.81. The molecular weight excluding hydrogens is 300 g/mol. The first-order valence-corrected chi connectivity index (χ1v) is 8.25. The van der Waals surface area contributed by atoms with Crippen LogP contribution in [0.5, 0.6) is 5.75 Å². The highest BCUT2D eigenvalue weighted by Crippen LogP contribution is 2.47. The van der Waals surface area contributed by atoms with Crippen LogP contribution in [0, 0.1) is 12.8 Å². The summed E-state index contributed by atoms with van der Waals surface area (Å²) in [7, 11) is 0. The smallest absolute Gasteiger partial charge is 0.222 e. The van der Waals surface area contributed by atoms with Crippen molar-refractivity contribution in [3.05, 3.63) is 71.5 Å². The molecular formula is C19H18N4O. The van der Waals surface area contributed by atoms with Gasteiger partial charge in [-0.3, -0.25) is 0 Å². The molecule has 0 fully saturated rings. The van der Waals surface area contributed by atoms with Crippen LogP contribution in [0.1, 0.15) is 28.8 Å². The Kier molecular flexibility index (Phi) is 2.89. The molecule has 0 aliphatic carbocycles. The molecule has 0 radical (unpaired) electrons. The van der Waals surface area contributed by atoms with E-state index in [1.165, 1.54) is 16.7 Å². The largest absolute Gasteiger partial charge is 0.493 e. The number of anilines is 1. The van der Waals surface area contributed by atoms with Gasteiger partial charge in [-0.25, -0.2) is 4.68 Å². The van der Waals surface area contributed by atoms with Gasteiger partial charge in [0.15, 0.2) is 0 Å². The predicted molar refractivity (Wildman–Crippen MR) is 91.1 cm³/mol. The maximum absolute atomic E-state index is 6.06. The summed E-state index contributed by atoms with van der Waals surface area (Å²) in [5, 5.41) is 8.03. The standard InChI is InChI=1S/C19H18N4O/c1-12-6-8-13(9-7-12)18-15-10-24-16-5-3-2-4-14(16)17(15)22-19-20-11-21-23(18)19/h2-9,11,15,17-18H,10H2,1H3,(H,20,21,22)/t15-,17+,18+/m0/s1. The van der Waals surface area contributed by atoms with Crippen LogP contribution < -0.4 is 10.1 Å². The molecule has 0 spiro atoms. The number of nitrogens with zero attached hydrogens (tertiary/aromatic N) is 3. The highest BCUT2D eigenvalue weighted by Gasteiger charge is 2.43. The van der Waals surface area contributed by atoms with Gasteiger partial charge in [-0.2, -0.15) is 10.1 Å². The average molecular weight is 318 g/mol. The molecule has 5 nitrogen and oxygen atoms in total. The van der Waals surface area contributed by atoms with Crippen molar-refractivity contribution in [1.29, 1.82) is 0 Å². The quantitative estimate of drug-likeness (QED) is 0.747. The highest BCUT2D eigenvalue weighted by molar-refractivity contribution is 5.46. The molecule has 0 bridgehead atoms. The second-order valence-corrected chi connectivity index (χ2v) is 6.52. The molecule has 1 aromatic heterocycles. The second kappa shape index (κ2) is 5.09. The maximum Gasteiger partial charge on any atom is 0.222 e.